The number of aryl methyl sites for hydroxylation is 1. The number of carboxylic acid groups (broad SMARTS) is 1. The predicted octanol–water partition coefficient (Wildman–Crippen LogP) is 2.26. The van der Waals surface area contributed by atoms with Crippen LogP contribution in [0.2, 0.25) is 0 Å². The first kappa shape index (κ1) is 13.9. The fourth-order valence-corrected chi connectivity index (χ4v) is 1.87. The molecule has 0 aliphatic heterocycles. The molecule has 5 heteroatoms. The van der Waals surface area contributed by atoms with Crippen molar-refractivity contribution in [2.45, 2.75) is 13.3 Å². The molecule has 20 heavy (non-hydrogen) atoms. The summed E-state index contributed by atoms with van der Waals surface area (Å²) < 4.78 is 5.09. The number of carboxylic acids is 1. The highest BCUT2D eigenvalue weighted by Crippen LogP contribution is 2.09. The van der Waals surface area contributed by atoms with E-state index in [0.717, 1.165) is 11.1 Å². The molecule has 1 amide bonds. The molecule has 104 valence electrons. The van der Waals surface area contributed by atoms with Crippen molar-refractivity contribution < 1.29 is 19.1 Å². The molecule has 0 saturated carbocycles. The number of hydrogen-bond donors (Lipinski definition) is 2. The maximum absolute atomic E-state index is 11.8. The minimum Gasteiger partial charge on any atom is -0.478 e. The molecule has 1 aromatic carbocycles. The Morgan fingerprint density at radius 1 is 1.30 bits per heavy atom. The van der Waals surface area contributed by atoms with Crippen molar-refractivity contribution >= 4 is 11.9 Å². The molecule has 0 atom stereocenters. The number of amides is 1. The van der Waals surface area contributed by atoms with E-state index in [-0.39, 0.29) is 11.5 Å². The van der Waals surface area contributed by atoms with Crippen LogP contribution in [0.5, 0.6) is 0 Å². The largest absolute Gasteiger partial charge is 0.478 e. The molecule has 2 N–H and O–H groups in total. The van der Waals surface area contributed by atoms with Gasteiger partial charge in [-0.3, -0.25) is 4.79 Å². The Morgan fingerprint density at radius 3 is 2.75 bits per heavy atom. The average Bonchev–Trinajstić information content (AvgIpc) is 2.85. The SMILES string of the molecule is Cc1ccoc1C(=O)NCCc1cccc(C(=O)O)c1. The first-order chi connectivity index (χ1) is 9.58. The Bertz CT molecular complexity index is 630. The molecular weight excluding hydrogens is 258 g/mol. The number of rotatable bonds is 5. The second kappa shape index (κ2) is 6.06. The van der Waals surface area contributed by atoms with Gasteiger partial charge in [0.2, 0.25) is 0 Å². The van der Waals surface area contributed by atoms with E-state index in [4.69, 9.17) is 9.52 Å². The lowest BCUT2D eigenvalue weighted by molar-refractivity contribution is 0.0696. The summed E-state index contributed by atoms with van der Waals surface area (Å²) in [5.74, 6) is -0.909. The standard InChI is InChI=1S/C15H15NO4/c1-10-6-8-20-13(10)14(17)16-7-5-11-3-2-4-12(9-11)15(18)19/h2-4,6,8-9H,5,7H2,1H3,(H,16,17)(H,18,19). The summed E-state index contributed by atoms with van der Waals surface area (Å²) in [7, 11) is 0. The van der Waals surface area contributed by atoms with E-state index in [1.54, 1.807) is 25.1 Å². The van der Waals surface area contributed by atoms with E-state index in [0.29, 0.717) is 18.7 Å². The summed E-state index contributed by atoms with van der Waals surface area (Å²) in [6.45, 7) is 2.22. The molecule has 0 radical (unpaired) electrons. The van der Waals surface area contributed by atoms with Crippen LogP contribution in [0.1, 0.15) is 32.0 Å². The molecule has 0 unspecified atom stereocenters. The molecule has 5 nitrogen and oxygen atoms in total. The van der Waals surface area contributed by atoms with Gasteiger partial charge in [-0.2, -0.15) is 0 Å². The normalized spacial score (nSPS) is 10.2. The first-order valence-corrected chi connectivity index (χ1v) is 6.22. The van der Waals surface area contributed by atoms with E-state index < -0.39 is 5.97 Å². The van der Waals surface area contributed by atoms with Gasteiger partial charge in [0, 0.05) is 12.1 Å². The molecule has 0 aliphatic rings. The van der Waals surface area contributed by atoms with Crippen molar-refractivity contribution in [3.63, 3.8) is 0 Å². The lowest BCUT2D eigenvalue weighted by Crippen LogP contribution is -2.25. The summed E-state index contributed by atoms with van der Waals surface area (Å²) in [4.78, 5) is 22.6. The Kier molecular flexibility index (Phi) is 4.20. The van der Waals surface area contributed by atoms with Gasteiger partial charge < -0.3 is 14.8 Å². The number of benzene rings is 1. The number of carbonyl (C=O) groups is 2. The van der Waals surface area contributed by atoms with Gasteiger partial charge in [0.1, 0.15) is 0 Å². The maximum atomic E-state index is 11.8. The van der Waals surface area contributed by atoms with Crippen LogP contribution in [-0.4, -0.2) is 23.5 Å². The quantitative estimate of drug-likeness (QED) is 0.875. The Labute approximate surface area is 116 Å². The Hall–Kier alpha value is -2.56. The van der Waals surface area contributed by atoms with Crippen molar-refractivity contribution in [3.8, 4) is 0 Å². The summed E-state index contributed by atoms with van der Waals surface area (Å²) in [6, 6.07) is 8.39. The van der Waals surface area contributed by atoms with Gasteiger partial charge in [0.25, 0.3) is 5.91 Å². The summed E-state index contributed by atoms with van der Waals surface area (Å²) in [6.07, 6.45) is 2.03. The van der Waals surface area contributed by atoms with Gasteiger partial charge in [0.05, 0.1) is 11.8 Å². The fourth-order valence-electron chi connectivity index (χ4n) is 1.87. The lowest BCUT2D eigenvalue weighted by atomic mass is 10.1. The third-order valence-electron chi connectivity index (χ3n) is 2.94. The van der Waals surface area contributed by atoms with Gasteiger partial charge >= 0.3 is 5.97 Å². The predicted molar refractivity (Wildman–Crippen MR) is 72.9 cm³/mol. The van der Waals surface area contributed by atoms with Gasteiger partial charge in [-0.25, -0.2) is 4.79 Å². The highest BCUT2D eigenvalue weighted by molar-refractivity contribution is 5.92. The summed E-state index contributed by atoms with van der Waals surface area (Å²) in [5, 5.41) is 11.6. The second-order valence-electron chi connectivity index (χ2n) is 4.44. The number of hydrogen-bond acceptors (Lipinski definition) is 3. The van der Waals surface area contributed by atoms with Crippen LogP contribution in [0.4, 0.5) is 0 Å². The van der Waals surface area contributed by atoms with Crippen LogP contribution in [0.15, 0.2) is 41.0 Å². The van der Waals surface area contributed by atoms with Crippen LogP contribution < -0.4 is 5.32 Å². The Morgan fingerprint density at radius 2 is 2.10 bits per heavy atom. The number of aromatic carboxylic acids is 1. The van der Waals surface area contributed by atoms with E-state index in [2.05, 4.69) is 5.32 Å². The maximum Gasteiger partial charge on any atom is 0.335 e. The highest BCUT2D eigenvalue weighted by atomic mass is 16.4. The van der Waals surface area contributed by atoms with E-state index >= 15 is 0 Å². The van der Waals surface area contributed by atoms with Crippen molar-refractivity contribution in [2.75, 3.05) is 6.54 Å². The molecule has 0 fully saturated rings. The first-order valence-electron chi connectivity index (χ1n) is 6.22. The summed E-state index contributed by atoms with van der Waals surface area (Å²) in [5.41, 5.74) is 1.90. The summed E-state index contributed by atoms with van der Waals surface area (Å²) >= 11 is 0. The van der Waals surface area contributed by atoms with Crippen molar-refractivity contribution in [3.05, 3.63) is 59.0 Å². The van der Waals surface area contributed by atoms with Crippen LogP contribution in [-0.2, 0) is 6.42 Å². The van der Waals surface area contributed by atoms with Crippen molar-refractivity contribution in [2.24, 2.45) is 0 Å². The van der Waals surface area contributed by atoms with Crippen molar-refractivity contribution in [1.29, 1.82) is 0 Å². The third kappa shape index (κ3) is 3.26. The van der Waals surface area contributed by atoms with Gasteiger partial charge in [-0.15, -0.1) is 0 Å². The molecule has 1 aromatic heterocycles. The van der Waals surface area contributed by atoms with E-state index in [9.17, 15) is 9.59 Å². The topological polar surface area (TPSA) is 79.5 Å². The fraction of sp³-hybridized carbons (Fsp3) is 0.200. The van der Waals surface area contributed by atoms with Crippen LogP contribution in [0.3, 0.4) is 0 Å². The lowest BCUT2D eigenvalue weighted by Gasteiger charge is -2.05. The molecule has 0 spiro atoms. The molecule has 1 heterocycles. The molecule has 2 rings (SSSR count). The molecule has 0 aliphatic carbocycles. The van der Waals surface area contributed by atoms with E-state index in [1.807, 2.05) is 6.07 Å². The van der Waals surface area contributed by atoms with Gasteiger partial charge in [-0.05, 0) is 37.1 Å². The molecule has 0 saturated heterocycles. The zero-order valence-corrected chi connectivity index (χ0v) is 11.1. The number of carbonyl (C=O) groups excluding carboxylic acids is 1. The van der Waals surface area contributed by atoms with E-state index in [1.165, 1.54) is 12.3 Å². The van der Waals surface area contributed by atoms with Crippen LogP contribution in [0.25, 0.3) is 0 Å². The zero-order chi connectivity index (χ0) is 14.5. The monoisotopic (exact) mass is 273 g/mol. The second-order valence-corrected chi connectivity index (χ2v) is 4.44. The van der Waals surface area contributed by atoms with Crippen molar-refractivity contribution in [1.82, 2.24) is 5.32 Å². The zero-order valence-electron chi connectivity index (χ0n) is 11.1. The highest BCUT2D eigenvalue weighted by Gasteiger charge is 2.11. The van der Waals surface area contributed by atoms with Crippen LogP contribution in [0, 0.1) is 6.92 Å². The number of nitrogens with one attached hydrogen (secondary N) is 1. The average molecular weight is 273 g/mol. The molecule has 2 aromatic rings. The number of furan rings is 1. The Balaban J connectivity index is 1.90. The minimum atomic E-state index is -0.956. The van der Waals surface area contributed by atoms with Crippen LogP contribution >= 0.6 is 0 Å². The molecular formula is C15H15NO4. The minimum absolute atomic E-state index is 0.246. The third-order valence-corrected chi connectivity index (χ3v) is 2.94. The van der Waals surface area contributed by atoms with Gasteiger partial charge in [-0.1, -0.05) is 12.1 Å². The molecule has 0 bridgehead atoms. The van der Waals surface area contributed by atoms with Gasteiger partial charge in [0.15, 0.2) is 5.76 Å². The smallest absolute Gasteiger partial charge is 0.335 e.